The second kappa shape index (κ2) is 11.3. The summed E-state index contributed by atoms with van der Waals surface area (Å²) in [5, 5.41) is 0. The molecule has 1 atom stereocenters. The normalized spacial score (nSPS) is 12.8. The van der Waals surface area contributed by atoms with Crippen LogP contribution >= 0.6 is 0 Å². The highest BCUT2D eigenvalue weighted by atomic mass is 32.2. The molecule has 0 spiro atoms. The molecule has 1 aromatic rings. The molecule has 0 aliphatic carbocycles. The van der Waals surface area contributed by atoms with Crippen molar-refractivity contribution in [2.45, 2.75) is 66.8 Å². The van der Waals surface area contributed by atoms with Crippen LogP contribution in [0.5, 0.6) is 5.75 Å². The third-order valence-corrected chi connectivity index (χ3v) is 5.65. The number of rotatable bonds is 12. The largest absolute Gasteiger partial charge is 0.382 e. The van der Waals surface area contributed by atoms with Gasteiger partial charge in [0.15, 0.2) is 0 Å². The van der Waals surface area contributed by atoms with Crippen LogP contribution in [0.3, 0.4) is 0 Å². The molecule has 0 aromatic heterocycles. The lowest BCUT2D eigenvalue weighted by atomic mass is 9.97. The number of carbonyl (C=O) groups excluding carboxylic acids is 1. The van der Waals surface area contributed by atoms with Crippen molar-refractivity contribution in [2.75, 3.05) is 12.3 Å². The summed E-state index contributed by atoms with van der Waals surface area (Å²) in [5.74, 6) is 0.808. The maximum absolute atomic E-state index is 13.1. The van der Waals surface area contributed by atoms with Gasteiger partial charge < -0.3 is 9.08 Å². The Morgan fingerprint density at radius 1 is 1.19 bits per heavy atom. The molecule has 0 saturated heterocycles. The zero-order valence-electron chi connectivity index (χ0n) is 17.4. The van der Waals surface area contributed by atoms with Gasteiger partial charge in [-0.3, -0.25) is 4.79 Å². The molecule has 154 valence electrons. The second-order valence-electron chi connectivity index (χ2n) is 7.44. The smallest absolute Gasteiger partial charge is 0.308 e. The minimum absolute atomic E-state index is 0.0450. The number of hydrogen-bond acceptors (Lipinski definition) is 4. The van der Waals surface area contributed by atoms with Crippen molar-refractivity contribution in [1.82, 2.24) is 4.90 Å². The monoisotopic (exact) mass is 397 g/mol. The van der Waals surface area contributed by atoms with Crippen molar-refractivity contribution in [2.24, 2.45) is 11.8 Å². The van der Waals surface area contributed by atoms with Crippen LogP contribution in [0.4, 0.5) is 0 Å². The van der Waals surface area contributed by atoms with Crippen LogP contribution in [-0.2, 0) is 21.5 Å². The fourth-order valence-electron chi connectivity index (χ4n) is 3.01. The molecule has 0 heterocycles. The van der Waals surface area contributed by atoms with Crippen molar-refractivity contribution >= 4 is 16.0 Å². The summed E-state index contributed by atoms with van der Waals surface area (Å²) in [5.41, 5.74) is 0.873. The Hall–Kier alpha value is -1.56. The van der Waals surface area contributed by atoms with Crippen LogP contribution in [-0.4, -0.2) is 31.5 Å². The van der Waals surface area contributed by atoms with Gasteiger partial charge in [-0.2, -0.15) is 8.42 Å². The topological polar surface area (TPSA) is 63.7 Å². The molecule has 6 heteroatoms. The molecule has 0 aliphatic rings. The molecule has 1 amide bonds. The van der Waals surface area contributed by atoms with Crippen molar-refractivity contribution in [1.29, 1.82) is 0 Å². The first-order chi connectivity index (χ1) is 12.7. The molecule has 0 bridgehead atoms. The number of carbonyl (C=O) groups is 1. The molecular formula is C21H35NO4S. The van der Waals surface area contributed by atoms with Gasteiger partial charge in [-0.15, -0.1) is 0 Å². The Balaban J connectivity index is 2.97. The lowest BCUT2D eigenvalue weighted by molar-refractivity contribution is -0.137. The van der Waals surface area contributed by atoms with Gasteiger partial charge in [0.25, 0.3) is 0 Å². The van der Waals surface area contributed by atoms with Gasteiger partial charge in [0.1, 0.15) is 5.75 Å². The fraction of sp³-hybridized carbons (Fsp3) is 0.667. The zero-order valence-corrected chi connectivity index (χ0v) is 18.2. The highest BCUT2D eigenvalue weighted by molar-refractivity contribution is 7.87. The van der Waals surface area contributed by atoms with Gasteiger partial charge in [0.2, 0.25) is 5.91 Å². The minimum atomic E-state index is -3.56. The van der Waals surface area contributed by atoms with E-state index in [0.29, 0.717) is 24.8 Å². The van der Waals surface area contributed by atoms with Gasteiger partial charge in [-0.25, -0.2) is 0 Å². The standard InChI is InChI=1S/C21H35NO4S/c1-6-9-12-19(7-2)21(23)22(15-17(4)5)16-18-11-10-13-20(14-18)26-27(24,25)8-3/h10-11,13-14,17,19H,6-9,12,15-16H2,1-5H3/t19-/m0/s1. The van der Waals surface area contributed by atoms with E-state index in [4.69, 9.17) is 4.18 Å². The highest BCUT2D eigenvalue weighted by Crippen LogP contribution is 2.21. The van der Waals surface area contributed by atoms with Crippen LogP contribution in [0, 0.1) is 11.8 Å². The Labute approximate surface area is 165 Å². The lowest BCUT2D eigenvalue weighted by Crippen LogP contribution is -2.38. The SMILES string of the molecule is CCCC[C@H](CC)C(=O)N(Cc1cccc(OS(=O)(=O)CC)c1)CC(C)C. The zero-order chi connectivity index (χ0) is 20.4. The van der Waals surface area contributed by atoms with E-state index in [1.165, 1.54) is 0 Å². The van der Waals surface area contributed by atoms with Gasteiger partial charge in [-0.1, -0.05) is 52.7 Å². The van der Waals surface area contributed by atoms with E-state index < -0.39 is 10.1 Å². The van der Waals surface area contributed by atoms with E-state index in [0.717, 1.165) is 31.2 Å². The third kappa shape index (κ3) is 8.33. The summed E-state index contributed by atoms with van der Waals surface area (Å²) in [7, 11) is -3.56. The molecule has 0 N–H and O–H groups in total. The summed E-state index contributed by atoms with van der Waals surface area (Å²) in [6.07, 6.45) is 3.89. The third-order valence-electron chi connectivity index (χ3n) is 4.49. The molecule has 1 aromatic carbocycles. The van der Waals surface area contributed by atoms with E-state index in [1.54, 1.807) is 25.1 Å². The van der Waals surface area contributed by atoms with Crippen molar-refractivity contribution in [3.8, 4) is 5.75 Å². The number of amides is 1. The molecule has 1 rings (SSSR count). The average molecular weight is 398 g/mol. The van der Waals surface area contributed by atoms with Crippen molar-refractivity contribution in [3.63, 3.8) is 0 Å². The molecule has 0 fully saturated rings. The maximum Gasteiger partial charge on any atom is 0.308 e. The van der Waals surface area contributed by atoms with E-state index in [2.05, 4.69) is 27.7 Å². The van der Waals surface area contributed by atoms with Gasteiger partial charge in [0.05, 0.1) is 5.75 Å². The van der Waals surface area contributed by atoms with Crippen LogP contribution in [0.15, 0.2) is 24.3 Å². The first-order valence-electron chi connectivity index (χ1n) is 10.0. The molecule has 0 radical (unpaired) electrons. The Bertz CT molecular complexity index is 685. The number of unbranched alkanes of at least 4 members (excludes halogenated alkanes) is 1. The van der Waals surface area contributed by atoms with Crippen LogP contribution in [0.25, 0.3) is 0 Å². The van der Waals surface area contributed by atoms with Crippen molar-refractivity contribution < 1.29 is 17.4 Å². The highest BCUT2D eigenvalue weighted by Gasteiger charge is 2.23. The summed E-state index contributed by atoms with van der Waals surface area (Å²) in [6.45, 7) is 11.1. The summed E-state index contributed by atoms with van der Waals surface area (Å²) >= 11 is 0. The van der Waals surface area contributed by atoms with Crippen molar-refractivity contribution in [3.05, 3.63) is 29.8 Å². The Kier molecular flexibility index (Phi) is 9.84. The molecule has 0 unspecified atom stereocenters. The fourth-order valence-corrected chi connectivity index (χ4v) is 3.52. The summed E-state index contributed by atoms with van der Waals surface area (Å²) < 4.78 is 28.5. The molecular weight excluding hydrogens is 362 g/mol. The maximum atomic E-state index is 13.1. The lowest BCUT2D eigenvalue weighted by Gasteiger charge is -2.29. The van der Waals surface area contributed by atoms with Gasteiger partial charge >= 0.3 is 10.1 Å². The number of hydrogen-bond donors (Lipinski definition) is 0. The Morgan fingerprint density at radius 2 is 1.89 bits per heavy atom. The van der Waals surface area contributed by atoms with Gasteiger partial charge in [0, 0.05) is 19.0 Å². The van der Waals surface area contributed by atoms with Crippen LogP contribution in [0.2, 0.25) is 0 Å². The van der Waals surface area contributed by atoms with Gasteiger partial charge in [-0.05, 0) is 43.4 Å². The summed E-state index contributed by atoms with van der Waals surface area (Å²) in [4.78, 5) is 15.0. The quantitative estimate of drug-likeness (QED) is 0.483. The van der Waals surface area contributed by atoms with E-state index in [-0.39, 0.29) is 17.6 Å². The first-order valence-corrected chi connectivity index (χ1v) is 11.6. The molecule has 0 saturated carbocycles. The molecule has 0 aliphatic heterocycles. The minimum Gasteiger partial charge on any atom is -0.382 e. The molecule has 5 nitrogen and oxygen atoms in total. The Morgan fingerprint density at radius 3 is 2.44 bits per heavy atom. The van der Waals surface area contributed by atoms with E-state index in [9.17, 15) is 13.2 Å². The predicted octanol–water partition coefficient (Wildman–Crippen LogP) is 4.62. The first kappa shape index (κ1) is 23.5. The average Bonchev–Trinajstić information content (AvgIpc) is 2.61. The predicted molar refractivity (Wildman–Crippen MR) is 110 cm³/mol. The van der Waals surface area contributed by atoms with Crippen LogP contribution in [0.1, 0.15) is 65.9 Å². The van der Waals surface area contributed by atoms with E-state index in [1.807, 2.05) is 11.0 Å². The molecule has 27 heavy (non-hydrogen) atoms. The van der Waals surface area contributed by atoms with Crippen LogP contribution < -0.4 is 4.18 Å². The second-order valence-corrected chi connectivity index (χ2v) is 9.30. The number of nitrogens with zero attached hydrogens (tertiary/aromatic N) is 1. The van der Waals surface area contributed by atoms with E-state index >= 15 is 0 Å². The summed E-state index contributed by atoms with van der Waals surface area (Å²) in [6, 6.07) is 7.00. The number of benzene rings is 1.